The average molecular weight is 316 g/mol. The van der Waals surface area contributed by atoms with Crippen molar-refractivity contribution in [1.82, 2.24) is 5.43 Å². The van der Waals surface area contributed by atoms with Gasteiger partial charge in [0.05, 0.1) is 19.9 Å². The lowest BCUT2D eigenvalue weighted by atomic mass is 10.1. The Bertz CT molecular complexity index is 722. The molecule has 6 heteroatoms. The largest absolute Gasteiger partial charge is 0.497 e. The number of methoxy groups -OCH3 is 2. The van der Waals surface area contributed by atoms with E-state index in [1.165, 1.54) is 20.3 Å². The van der Waals surface area contributed by atoms with E-state index in [0.29, 0.717) is 28.3 Å². The van der Waals surface area contributed by atoms with Crippen LogP contribution in [0.1, 0.15) is 22.8 Å². The Morgan fingerprint density at radius 1 is 1.09 bits per heavy atom. The van der Waals surface area contributed by atoms with Crippen LogP contribution in [0.15, 0.2) is 47.6 Å². The van der Waals surface area contributed by atoms with E-state index in [0.717, 1.165) is 0 Å². The molecule has 0 heterocycles. The third-order valence-corrected chi connectivity index (χ3v) is 3.20. The number of hydrogen-bond donors (Lipinski definition) is 1. The van der Waals surface area contributed by atoms with E-state index in [9.17, 15) is 9.18 Å². The number of hydrazone groups is 1. The molecule has 1 amide bonds. The zero-order valence-corrected chi connectivity index (χ0v) is 13.1. The Kier molecular flexibility index (Phi) is 5.30. The van der Waals surface area contributed by atoms with Crippen LogP contribution in [0.5, 0.6) is 11.5 Å². The molecule has 0 saturated heterocycles. The van der Waals surface area contributed by atoms with Crippen molar-refractivity contribution in [3.8, 4) is 11.5 Å². The summed E-state index contributed by atoms with van der Waals surface area (Å²) in [7, 11) is 2.99. The Hall–Kier alpha value is -2.89. The number of amides is 1. The van der Waals surface area contributed by atoms with E-state index in [1.807, 2.05) is 0 Å². The molecule has 0 aliphatic heterocycles. The Balaban J connectivity index is 2.19. The van der Waals surface area contributed by atoms with Crippen molar-refractivity contribution in [3.05, 3.63) is 59.4 Å². The molecule has 23 heavy (non-hydrogen) atoms. The molecule has 0 aliphatic rings. The smallest absolute Gasteiger partial charge is 0.271 e. The SMILES string of the molecule is COc1cc(OC)cc(C(=O)N/N=C(/C)c2ccccc2F)c1. The lowest BCUT2D eigenvalue weighted by Gasteiger charge is -2.08. The molecule has 0 aliphatic carbocycles. The van der Waals surface area contributed by atoms with Crippen molar-refractivity contribution < 1.29 is 18.7 Å². The lowest BCUT2D eigenvalue weighted by molar-refractivity contribution is 0.0954. The molecule has 0 fully saturated rings. The Labute approximate surface area is 133 Å². The van der Waals surface area contributed by atoms with Crippen LogP contribution < -0.4 is 14.9 Å². The molecule has 2 aromatic rings. The maximum absolute atomic E-state index is 13.7. The highest BCUT2D eigenvalue weighted by molar-refractivity contribution is 6.01. The van der Waals surface area contributed by atoms with Gasteiger partial charge >= 0.3 is 0 Å². The number of benzene rings is 2. The van der Waals surface area contributed by atoms with E-state index in [1.54, 1.807) is 43.3 Å². The molecular formula is C17H17FN2O3. The standard InChI is InChI=1S/C17H17FN2O3/c1-11(15-6-4-5-7-16(15)18)19-20-17(21)12-8-13(22-2)10-14(9-12)23-3/h4-10H,1-3H3,(H,20,21)/b19-11-. The lowest BCUT2D eigenvalue weighted by Crippen LogP contribution is -2.19. The van der Waals surface area contributed by atoms with Gasteiger partial charge in [-0.3, -0.25) is 4.79 Å². The van der Waals surface area contributed by atoms with Crippen LogP contribution in [0.25, 0.3) is 0 Å². The van der Waals surface area contributed by atoms with Crippen molar-refractivity contribution in [3.63, 3.8) is 0 Å². The molecule has 0 saturated carbocycles. The second kappa shape index (κ2) is 7.40. The van der Waals surface area contributed by atoms with Crippen LogP contribution in [0, 0.1) is 5.82 Å². The first-order chi connectivity index (χ1) is 11.0. The van der Waals surface area contributed by atoms with Gasteiger partial charge in [0.2, 0.25) is 0 Å². The molecule has 1 N–H and O–H groups in total. The molecule has 120 valence electrons. The number of carbonyl (C=O) groups excluding carboxylic acids is 1. The van der Waals surface area contributed by atoms with Gasteiger partial charge in [-0.05, 0) is 25.1 Å². The van der Waals surface area contributed by atoms with Crippen molar-refractivity contribution in [2.75, 3.05) is 14.2 Å². The average Bonchev–Trinajstić information content (AvgIpc) is 2.59. The van der Waals surface area contributed by atoms with Crippen LogP contribution in [0.2, 0.25) is 0 Å². The van der Waals surface area contributed by atoms with Gasteiger partial charge in [-0.2, -0.15) is 5.10 Å². The van der Waals surface area contributed by atoms with Crippen LogP contribution in [0.3, 0.4) is 0 Å². The second-order valence-corrected chi connectivity index (χ2v) is 4.72. The summed E-state index contributed by atoms with van der Waals surface area (Å²) in [4.78, 5) is 12.2. The van der Waals surface area contributed by atoms with Crippen molar-refractivity contribution in [2.24, 2.45) is 5.10 Å². The number of nitrogens with one attached hydrogen (secondary N) is 1. The van der Waals surface area contributed by atoms with Crippen LogP contribution in [-0.4, -0.2) is 25.8 Å². The Morgan fingerprint density at radius 3 is 2.26 bits per heavy atom. The summed E-state index contributed by atoms with van der Waals surface area (Å²) in [5.41, 5.74) is 3.42. The van der Waals surface area contributed by atoms with Crippen LogP contribution in [0.4, 0.5) is 4.39 Å². The monoisotopic (exact) mass is 316 g/mol. The minimum Gasteiger partial charge on any atom is -0.497 e. The minimum absolute atomic E-state index is 0.325. The minimum atomic E-state index is -0.446. The van der Waals surface area contributed by atoms with E-state index in [2.05, 4.69) is 10.5 Å². The molecule has 0 radical (unpaired) electrons. The van der Waals surface area contributed by atoms with Crippen LogP contribution in [-0.2, 0) is 0 Å². The van der Waals surface area contributed by atoms with Gasteiger partial charge in [0.25, 0.3) is 5.91 Å². The zero-order chi connectivity index (χ0) is 16.8. The molecule has 0 unspecified atom stereocenters. The normalized spacial score (nSPS) is 11.0. The summed E-state index contributed by atoms with van der Waals surface area (Å²) in [6, 6.07) is 11.0. The number of rotatable bonds is 5. The highest BCUT2D eigenvalue weighted by atomic mass is 19.1. The van der Waals surface area contributed by atoms with Gasteiger partial charge in [0, 0.05) is 17.2 Å². The van der Waals surface area contributed by atoms with Gasteiger partial charge in [-0.1, -0.05) is 18.2 Å². The number of hydrogen-bond acceptors (Lipinski definition) is 4. The number of ether oxygens (including phenoxy) is 2. The first-order valence-corrected chi connectivity index (χ1v) is 6.87. The van der Waals surface area contributed by atoms with Gasteiger partial charge in [-0.15, -0.1) is 0 Å². The van der Waals surface area contributed by atoms with Crippen LogP contribution >= 0.6 is 0 Å². The van der Waals surface area contributed by atoms with E-state index in [-0.39, 0.29) is 0 Å². The summed E-state index contributed by atoms with van der Waals surface area (Å²) in [6.07, 6.45) is 0. The zero-order valence-electron chi connectivity index (χ0n) is 13.1. The summed E-state index contributed by atoms with van der Waals surface area (Å²) < 4.78 is 23.9. The highest BCUT2D eigenvalue weighted by Crippen LogP contribution is 2.22. The molecule has 0 aromatic heterocycles. The molecule has 5 nitrogen and oxygen atoms in total. The molecule has 0 bridgehead atoms. The van der Waals surface area contributed by atoms with Gasteiger partial charge in [0.15, 0.2) is 0 Å². The Morgan fingerprint density at radius 2 is 1.70 bits per heavy atom. The number of halogens is 1. The van der Waals surface area contributed by atoms with Gasteiger partial charge in [0.1, 0.15) is 17.3 Å². The summed E-state index contributed by atoms with van der Waals surface area (Å²) in [6.45, 7) is 1.62. The summed E-state index contributed by atoms with van der Waals surface area (Å²) in [5.74, 6) is 0.137. The first kappa shape index (κ1) is 16.5. The van der Waals surface area contributed by atoms with E-state index >= 15 is 0 Å². The number of carbonyl (C=O) groups is 1. The van der Waals surface area contributed by atoms with Crippen molar-refractivity contribution in [2.45, 2.75) is 6.92 Å². The van der Waals surface area contributed by atoms with E-state index in [4.69, 9.17) is 9.47 Å². The molecular weight excluding hydrogens is 299 g/mol. The van der Waals surface area contributed by atoms with E-state index < -0.39 is 11.7 Å². The maximum atomic E-state index is 13.7. The summed E-state index contributed by atoms with van der Waals surface area (Å²) in [5, 5.41) is 3.94. The molecule has 2 rings (SSSR count). The fraction of sp³-hybridized carbons (Fsp3) is 0.176. The predicted molar refractivity (Wildman–Crippen MR) is 85.6 cm³/mol. The molecule has 0 atom stereocenters. The fourth-order valence-electron chi connectivity index (χ4n) is 1.95. The first-order valence-electron chi connectivity index (χ1n) is 6.87. The van der Waals surface area contributed by atoms with Crippen molar-refractivity contribution in [1.29, 1.82) is 0 Å². The maximum Gasteiger partial charge on any atom is 0.271 e. The quantitative estimate of drug-likeness (QED) is 0.681. The second-order valence-electron chi connectivity index (χ2n) is 4.72. The predicted octanol–water partition coefficient (Wildman–Crippen LogP) is 3.00. The summed E-state index contributed by atoms with van der Waals surface area (Å²) >= 11 is 0. The van der Waals surface area contributed by atoms with Gasteiger partial charge in [-0.25, -0.2) is 9.82 Å². The third-order valence-electron chi connectivity index (χ3n) is 3.20. The third kappa shape index (κ3) is 4.06. The number of nitrogens with zero attached hydrogens (tertiary/aromatic N) is 1. The molecule has 0 spiro atoms. The van der Waals surface area contributed by atoms with Crippen molar-refractivity contribution >= 4 is 11.6 Å². The van der Waals surface area contributed by atoms with Gasteiger partial charge < -0.3 is 9.47 Å². The molecule has 2 aromatic carbocycles. The topological polar surface area (TPSA) is 59.9 Å². The highest BCUT2D eigenvalue weighted by Gasteiger charge is 2.10. The fourth-order valence-corrected chi connectivity index (χ4v) is 1.95.